The molecule has 0 aliphatic heterocycles. The van der Waals surface area contributed by atoms with Crippen LogP contribution in [-0.2, 0) is 0 Å². The van der Waals surface area contributed by atoms with Crippen molar-refractivity contribution in [2.75, 3.05) is 6.61 Å². The van der Waals surface area contributed by atoms with Gasteiger partial charge in [0, 0.05) is 0 Å². The summed E-state index contributed by atoms with van der Waals surface area (Å²) >= 11 is 0. The lowest BCUT2D eigenvalue weighted by Crippen LogP contribution is -2.18. The van der Waals surface area contributed by atoms with Gasteiger partial charge in [0.05, 0.1) is 6.61 Å². The van der Waals surface area contributed by atoms with Gasteiger partial charge >= 0.3 is 6.36 Å². The molecule has 2 nitrogen and oxygen atoms in total. The smallest absolute Gasteiger partial charge is 0.489 e. The summed E-state index contributed by atoms with van der Waals surface area (Å²) in [6.45, 7) is 4.02. The van der Waals surface area contributed by atoms with E-state index in [-0.39, 0.29) is 11.5 Å². The molecular weight excluding hydrogens is 269 g/mol. The second kappa shape index (κ2) is 6.20. The Morgan fingerprint density at radius 3 is 2.50 bits per heavy atom. The van der Waals surface area contributed by atoms with E-state index in [0.29, 0.717) is 18.1 Å². The fourth-order valence-electron chi connectivity index (χ4n) is 2.36. The van der Waals surface area contributed by atoms with E-state index in [9.17, 15) is 13.2 Å². The number of benzene rings is 1. The van der Waals surface area contributed by atoms with Gasteiger partial charge < -0.3 is 9.47 Å². The van der Waals surface area contributed by atoms with E-state index in [1.807, 2.05) is 0 Å². The first-order chi connectivity index (χ1) is 9.48. The molecule has 0 atom stereocenters. The van der Waals surface area contributed by atoms with Crippen molar-refractivity contribution >= 4 is 6.08 Å². The summed E-state index contributed by atoms with van der Waals surface area (Å²) in [5.41, 5.74) is 0.695. The van der Waals surface area contributed by atoms with Crippen molar-refractivity contribution in [1.29, 1.82) is 0 Å². The molecule has 1 aliphatic carbocycles. The fraction of sp³-hybridized carbons (Fsp3) is 0.467. The Morgan fingerprint density at radius 2 is 1.90 bits per heavy atom. The maximum absolute atomic E-state index is 12.3. The van der Waals surface area contributed by atoms with Crippen LogP contribution in [0.5, 0.6) is 11.5 Å². The van der Waals surface area contributed by atoms with Crippen molar-refractivity contribution in [3.8, 4) is 11.5 Å². The highest BCUT2D eigenvalue weighted by Gasteiger charge is 2.32. The molecule has 1 aromatic rings. The average molecular weight is 286 g/mol. The molecule has 0 saturated heterocycles. The number of ether oxygens (including phenoxy) is 2. The van der Waals surface area contributed by atoms with E-state index in [2.05, 4.69) is 11.3 Å². The van der Waals surface area contributed by atoms with Crippen molar-refractivity contribution in [3.05, 3.63) is 30.3 Å². The lowest BCUT2D eigenvalue weighted by Gasteiger charge is -2.16. The standard InChI is InChI=1S/C15H17F3O2/c1-2-11-7-8-13(20-15(16,17)18)14(9-11)19-10-12-5-3-4-6-12/h2,7-9,12H,1,3-6,10H2. The highest BCUT2D eigenvalue weighted by molar-refractivity contribution is 5.54. The Morgan fingerprint density at radius 1 is 1.20 bits per heavy atom. The predicted octanol–water partition coefficient (Wildman–Crippen LogP) is 4.80. The molecule has 0 unspecified atom stereocenters. The van der Waals surface area contributed by atoms with Crippen LogP contribution in [0.2, 0.25) is 0 Å². The first-order valence-corrected chi connectivity index (χ1v) is 6.63. The van der Waals surface area contributed by atoms with E-state index >= 15 is 0 Å². The second-order valence-corrected chi connectivity index (χ2v) is 4.92. The highest BCUT2D eigenvalue weighted by atomic mass is 19.4. The van der Waals surface area contributed by atoms with Gasteiger partial charge in [-0.05, 0) is 36.5 Å². The monoisotopic (exact) mass is 286 g/mol. The lowest BCUT2D eigenvalue weighted by atomic mass is 10.1. The first kappa shape index (κ1) is 14.8. The number of hydrogen-bond acceptors (Lipinski definition) is 2. The van der Waals surface area contributed by atoms with Crippen LogP contribution < -0.4 is 9.47 Å². The Labute approximate surface area is 116 Å². The molecule has 2 rings (SSSR count). The third kappa shape index (κ3) is 4.18. The van der Waals surface area contributed by atoms with Crippen molar-refractivity contribution in [2.45, 2.75) is 32.0 Å². The molecule has 0 heterocycles. The van der Waals surface area contributed by atoms with Crippen LogP contribution in [0.3, 0.4) is 0 Å². The third-order valence-electron chi connectivity index (χ3n) is 3.38. The molecular formula is C15H17F3O2. The number of rotatable bonds is 5. The van der Waals surface area contributed by atoms with Gasteiger partial charge in [-0.1, -0.05) is 31.6 Å². The van der Waals surface area contributed by atoms with Crippen LogP contribution in [0.4, 0.5) is 13.2 Å². The summed E-state index contributed by atoms with van der Waals surface area (Å²) < 4.78 is 46.6. The molecule has 1 saturated carbocycles. The Bertz CT molecular complexity index is 463. The molecule has 0 amide bonds. The van der Waals surface area contributed by atoms with Gasteiger partial charge in [0.1, 0.15) is 0 Å². The van der Waals surface area contributed by atoms with Crippen molar-refractivity contribution in [3.63, 3.8) is 0 Å². The van der Waals surface area contributed by atoms with Gasteiger partial charge in [-0.3, -0.25) is 0 Å². The molecule has 20 heavy (non-hydrogen) atoms. The van der Waals surface area contributed by atoms with Gasteiger partial charge in [-0.15, -0.1) is 13.2 Å². The summed E-state index contributed by atoms with van der Waals surface area (Å²) in [5, 5.41) is 0. The molecule has 110 valence electrons. The molecule has 1 fully saturated rings. The van der Waals surface area contributed by atoms with Crippen LogP contribution in [0.25, 0.3) is 6.08 Å². The van der Waals surface area contributed by atoms with E-state index in [1.165, 1.54) is 18.2 Å². The first-order valence-electron chi connectivity index (χ1n) is 6.63. The molecule has 5 heteroatoms. The predicted molar refractivity (Wildman–Crippen MR) is 70.7 cm³/mol. The van der Waals surface area contributed by atoms with E-state index in [0.717, 1.165) is 25.7 Å². The zero-order valence-electron chi connectivity index (χ0n) is 11.1. The van der Waals surface area contributed by atoms with Gasteiger partial charge in [0.25, 0.3) is 0 Å². The summed E-state index contributed by atoms with van der Waals surface area (Å²) in [4.78, 5) is 0. The normalized spacial score (nSPS) is 16.1. The summed E-state index contributed by atoms with van der Waals surface area (Å²) in [7, 11) is 0. The van der Waals surface area contributed by atoms with Crippen LogP contribution in [-0.4, -0.2) is 13.0 Å². The van der Waals surface area contributed by atoms with Crippen molar-refractivity contribution in [2.24, 2.45) is 5.92 Å². The van der Waals surface area contributed by atoms with E-state index in [1.54, 1.807) is 6.08 Å². The van der Waals surface area contributed by atoms with Crippen molar-refractivity contribution < 1.29 is 22.6 Å². The van der Waals surface area contributed by atoms with Crippen LogP contribution in [0.1, 0.15) is 31.2 Å². The van der Waals surface area contributed by atoms with Crippen molar-refractivity contribution in [1.82, 2.24) is 0 Å². The van der Waals surface area contributed by atoms with Crippen LogP contribution in [0, 0.1) is 5.92 Å². The van der Waals surface area contributed by atoms with Gasteiger partial charge in [-0.25, -0.2) is 0 Å². The molecule has 0 N–H and O–H groups in total. The zero-order valence-corrected chi connectivity index (χ0v) is 11.1. The van der Waals surface area contributed by atoms with E-state index in [4.69, 9.17) is 4.74 Å². The zero-order chi connectivity index (χ0) is 14.6. The second-order valence-electron chi connectivity index (χ2n) is 4.92. The fourth-order valence-corrected chi connectivity index (χ4v) is 2.36. The number of hydrogen-bond donors (Lipinski definition) is 0. The minimum Gasteiger partial charge on any atom is -0.489 e. The SMILES string of the molecule is C=Cc1ccc(OC(F)(F)F)c(OCC2CCCC2)c1. The molecule has 0 bridgehead atoms. The van der Waals surface area contributed by atoms with Gasteiger partial charge in [0.15, 0.2) is 11.5 Å². The molecule has 0 radical (unpaired) electrons. The summed E-state index contributed by atoms with van der Waals surface area (Å²) in [6.07, 6.45) is 1.29. The van der Waals surface area contributed by atoms with E-state index < -0.39 is 6.36 Å². The lowest BCUT2D eigenvalue weighted by molar-refractivity contribution is -0.275. The minimum absolute atomic E-state index is 0.117. The number of halogens is 3. The minimum atomic E-state index is -4.72. The molecule has 1 aromatic carbocycles. The Hall–Kier alpha value is -1.65. The Balaban J connectivity index is 2.11. The maximum Gasteiger partial charge on any atom is 0.573 e. The van der Waals surface area contributed by atoms with Gasteiger partial charge in [-0.2, -0.15) is 0 Å². The summed E-state index contributed by atoms with van der Waals surface area (Å²) in [6, 6.07) is 4.29. The maximum atomic E-state index is 12.3. The summed E-state index contributed by atoms with van der Waals surface area (Å²) in [5.74, 6) is 0.230. The largest absolute Gasteiger partial charge is 0.573 e. The molecule has 0 aromatic heterocycles. The average Bonchev–Trinajstić information content (AvgIpc) is 2.89. The highest BCUT2D eigenvalue weighted by Crippen LogP contribution is 2.34. The van der Waals surface area contributed by atoms with Crippen LogP contribution in [0.15, 0.2) is 24.8 Å². The molecule has 1 aliphatic rings. The Kier molecular flexibility index (Phi) is 4.57. The van der Waals surface area contributed by atoms with Crippen LogP contribution >= 0.6 is 0 Å². The molecule has 0 spiro atoms. The third-order valence-corrected chi connectivity index (χ3v) is 3.38. The quantitative estimate of drug-likeness (QED) is 0.774. The number of alkyl halides is 3. The topological polar surface area (TPSA) is 18.5 Å². The van der Waals surface area contributed by atoms with Gasteiger partial charge in [0.2, 0.25) is 0 Å².